The lowest BCUT2D eigenvalue weighted by Gasteiger charge is -2.10. The Morgan fingerprint density at radius 1 is 0.939 bits per heavy atom. The fraction of sp³-hybridized carbons (Fsp3) is 0.0435. The molecule has 0 unspecified atom stereocenters. The van der Waals surface area contributed by atoms with E-state index in [1.165, 1.54) is 18.0 Å². The van der Waals surface area contributed by atoms with Crippen LogP contribution < -0.4 is 5.43 Å². The first-order valence-electron chi connectivity index (χ1n) is 9.68. The van der Waals surface area contributed by atoms with Crippen LogP contribution in [0.3, 0.4) is 0 Å². The molecule has 0 saturated heterocycles. The average molecular weight is 517 g/mol. The highest BCUT2D eigenvalue weighted by molar-refractivity contribution is 7.99. The van der Waals surface area contributed by atoms with Gasteiger partial charge in [-0.15, -0.1) is 10.2 Å². The van der Waals surface area contributed by atoms with Gasteiger partial charge in [0.1, 0.15) is 0 Å². The Kier molecular flexibility index (Phi) is 7.67. The van der Waals surface area contributed by atoms with E-state index in [-0.39, 0.29) is 11.7 Å². The number of para-hydroxylation sites is 1. The van der Waals surface area contributed by atoms with Crippen molar-refractivity contribution in [2.75, 3.05) is 5.75 Å². The fourth-order valence-corrected chi connectivity index (χ4v) is 4.29. The van der Waals surface area contributed by atoms with E-state index >= 15 is 0 Å². The Morgan fingerprint density at radius 2 is 1.64 bits per heavy atom. The highest BCUT2D eigenvalue weighted by Gasteiger charge is 2.17. The van der Waals surface area contributed by atoms with Gasteiger partial charge in [0.05, 0.1) is 22.0 Å². The minimum atomic E-state index is -0.310. The van der Waals surface area contributed by atoms with Gasteiger partial charge in [-0.25, -0.2) is 5.43 Å². The van der Waals surface area contributed by atoms with Crippen molar-refractivity contribution >= 4 is 58.7 Å². The van der Waals surface area contributed by atoms with Gasteiger partial charge in [-0.2, -0.15) is 5.10 Å². The van der Waals surface area contributed by atoms with Crippen molar-refractivity contribution in [2.45, 2.75) is 5.16 Å². The molecule has 0 saturated carbocycles. The molecule has 1 heterocycles. The number of hydrazone groups is 1. The van der Waals surface area contributed by atoms with Crippen molar-refractivity contribution < 1.29 is 4.79 Å². The molecule has 33 heavy (non-hydrogen) atoms. The molecule has 1 aromatic heterocycles. The number of halogens is 3. The van der Waals surface area contributed by atoms with E-state index < -0.39 is 0 Å². The zero-order valence-corrected chi connectivity index (χ0v) is 20.0. The molecule has 0 aliphatic rings. The summed E-state index contributed by atoms with van der Waals surface area (Å²) in [5, 5.41) is 14.7. The number of hydrogen-bond donors (Lipinski definition) is 1. The van der Waals surface area contributed by atoms with E-state index in [1.807, 2.05) is 47.0 Å². The highest BCUT2D eigenvalue weighted by Crippen LogP contribution is 2.28. The maximum Gasteiger partial charge on any atom is 0.250 e. The lowest BCUT2D eigenvalue weighted by Crippen LogP contribution is -2.20. The van der Waals surface area contributed by atoms with Crippen LogP contribution in [0.5, 0.6) is 0 Å². The zero-order valence-electron chi connectivity index (χ0n) is 17.0. The minimum Gasteiger partial charge on any atom is -0.272 e. The molecular weight excluding hydrogens is 501 g/mol. The highest BCUT2D eigenvalue weighted by atomic mass is 35.5. The number of nitrogens with one attached hydrogen (secondary N) is 1. The van der Waals surface area contributed by atoms with Gasteiger partial charge in [-0.3, -0.25) is 9.36 Å². The molecule has 166 valence electrons. The van der Waals surface area contributed by atoms with E-state index in [4.69, 9.17) is 34.8 Å². The number of thioether (sulfide) groups is 1. The molecule has 0 radical (unpaired) electrons. The number of nitrogens with zero attached hydrogens (tertiary/aromatic N) is 4. The molecule has 0 aliphatic carbocycles. The van der Waals surface area contributed by atoms with E-state index in [1.54, 1.807) is 30.3 Å². The lowest BCUT2D eigenvalue weighted by atomic mass is 10.2. The van der Waals surface area contributed by atoms with Gasteiger partial charge in [-0.1, -0.05) is 70.8 Å². The minimum absolute atomic E-state index is 0.0825. The van der Waals surface area contributed by atoms with Crippen LogP contribution in [0.4, 0.5) is 0 Å². The molecule has 0 atom stereocenters. The molecule has 10 heteroatoms. The number of carbonyl (C=O) groups excluding carboxylic acids is 1. The van der Waals surface area contributed by atoms with Gasteiger partial charge in [0.15, 0.2) is 11.0 Å². The Bertz CT molecular complexity index is 1270. The van der Waals surface area contributed by atoms with Gasteiger partial charge >= 0.3 is 0 Å². The fourth-order valence-electron chi connectivity index (χ4n) is 2.92. The van der Waals surface area contributed by atoms with Crippen molar-refractivity contribution in [3.8, 4) is 17.1 Å². The normalized spacial score (nSPS) is 11.1. The van der Waals surface area contributed by atoms with Gasteiger partial charge < -0.3 is 0 Å². The van der Waals surface area contributed by atoms with E-state index in [2.05, 4.69) is 20.7 Å². The van der Waals surface area contributed by atoms with Crippen molar-refractivity contribution in [3.63, 3.8) is 0 Å². The van der Waals surface area contributed by atoms with Gasteiger partial charge in [-0.05, 0) is 48.5 Å². The molecule has 1 amide bonds. The first-order valence-corrected chi connectivity index (χ1v) is 11.8. The summed E-state index contributed by atoms with van der Waals surface area (Å²) in [5.41, 5.74) is 4.74. The smallest absolute Gasteiger partial charge is 0.250 e. The van der Waals surface area contributed by atoms with E-state index in [0.29, 0.717) is 31.6 Å². The van der Waals surface area contributed by atoms with Crippen LogP contribution in [0, 0.1) is 0 Å². The molecule has 0 fully saturated rings. The predicted octanol–water partition coefficient (Wildman–Crippen LogP) is 6.14. The maximum atomic E-state index is 12.4. The summed E-state index contributed by atoms with van der Waals surface area (Å²) >= 11 is 19.5. The van der Waals surface area contributed by atoms with E-state index in [0.717, 1.165) is 11.3 Å². The quantitative estimate of drug-likeness (QED) is 0.182. The lowest BCUT2D eigenvalue weighted by molar-refractivity contribution is -0.118. The number of benzene rings is 3. The Morgan fingerprint density at radius 3 is 2.33 bits per heavy atom. The Labute approximate surface area is 209 Å². The summed E-state index contributed by atoms with van der Waals surface area (Å²) in [6.07, 6.45) is 1.42. The third kappa shape index (κ3) is 5.75. The van der Waals surface area contributed by atoms with Crippen molar-refractivity contribution in [1.29, 1.82) is 0 Å². The zero-order chi connectivity index (χ0) is 23.2. The monoisotopic (exact) mass is 515 g/mol. The first-order chi connectivity index (χ1) is 16.0. The standard InChI is InChI=1S/C23H16Cl3N5OS/c24-16-11-9-15(10-12-16)22-29-30-23(31(22)17-5-2-1-3-6-17)33-14-21(32)28-27-13-18-19(25)7-4-8-20(18)26/h1-13H,14H2,(H,28,32). The van der Waals surface area contributed by atoms with Crippen LogP contribution in [-0.2, 0) is 4.79 Å². The predicted molar refractivity (Wildman–Crippen MR) is 135 cm³/mol. The third-order valence-corrected chi connectivity index (χ3v) is 6.31. The van der Waals surface area contributed by atoms with Crippen LogP contribution in [0.2, 0.25) is 15.1 Å². The molecule has 0 spiro atoms. The summed E-state index contributed by atoms with van der Waals surface area (Å²) in [6, 6.07) is 22.2. The third-order valence-electron chi connectivity index (χ3n) is 4.47. The summed E-state index contributed by atoms with van der Waals surface area (Å²) in [7, 11) is 0. The van der Waals surface area contributed by atoms with Crippen LogP contribution in [0.25, 0.3) is 17.1 Å². The second-order valence-electron chi connectivity index (χ2n) is 6.70. The molecule has 6 nitrogen and oxygen atoms in total. The SMILES string of the molecule is O=C(CSc1nnc(-c2ccc(Cl)cc2)n1-c1ccccc1)NN=Cc1c(Cl)cccc1Cl. The number of carbonyl (C=O) groups is 1. The largest absolute Gasteiger partial charge is 0.272 e. The number of amides is 1. The molecule has 0 bridgehead atoms. The van der Waals surface area contributed by atoms with Gasteiger partial charge in [0.25, 0.3) is 5.91 Å². The second kappa shape index (κ2) is 10.9. The van der Waals surface area contributed by atoms with Crippen LogP contribution in [0.15, 0.2) is 83.1 Å². The van der Waals surface area contributed by atoms with E-state index in [9.17, 15) is 4.79 Å². The summed E-state index contributed by atoms with van der Waals surface area (Å²) in [5.74, 6) is 0.418. The number of hydrogen-bond acceptors (Lipinski definition) is 5. The summed E-state index contributed by atoms with van der Waals surface area (Å²) < 4.78 is 1.90. The topological polar surface area (TPSA) is 72.2 Å². The van der Waals surface area contributed by atoms with Gasteiger partial charge in [0, 0.05) is 21.8 Å². The molecule has 3 aromatic carbocycles. The number of aromatic nitrogens is 3. The second-order valence-corrected chi connectivity index (χ2v) is 8.89. The van der Waals surface area contributed by atoms with Crippen molar-refractivity contribution in [2.24, 2.45) is 5.10 Å². The van der Waals surface area contributed by atoms with Crippen molar-refractivity contribution in [3.05, 3.63) is 93.4 Å². The average Bonchev–Trinajstić information content (AvgIpc) is 3.24. The summed E-state index contributed by atoms with van der Waals surface area (Å²) in [4.78, 5) is 12.4. The molecule has 0 aliphatic heterocycles. The molecule has 4 aromatic rings. The Hall–Kier alpha value is -2.84. The van der Waals surface area contributed by atoms with Crippen LogP contribution in [-0.4, -0.2) is 32.6 Å². The van der Waals surface area contributed by atoms with Crippen LogP contribution >= 0.6 is 46.6 Å². The Balaban J connectivity index is 1.50. The number of rotatable bonds is 7. The van der Waals surface area contributed by atoms with Crippen LogP contribution in [0.1, 0.15) is 5.56 Å². The molecular formula is C23H16Cl3N5OS. The molecule has 4 rings (SSSR count). The first kappa shape index (κ1) is 23.3. The molecule has 1 N–H and O–H groups in total. The van der Waals surface area contributed by atoms with Crippen molar-refractivity contribution in [1.82, 2.24) is 20.2 Å². The summed E-state index contributed by atoms with van der Waals surface area (Å²) in [6.45, 7) is 0. The maximum absolute atomic E-state index is 12.4. The van der Waals surface area contributed by atoms with Gasteiger partial charge in [0.2, 0.25) is 0 Å².